The molecule has 35 heteroatoms. The van der Waals surface area contributed by atoms with Crippen molar-refractivity contribution in [3.05, 3.63) is 162 Å². The number of nitrogens with zero attached hydrogens (tertiary/aromatic N) is 12. The smallest absolute Gasteiger partial charge is 0.410 e. The van der Waals surface area contributed by atoms with Crippen molar-refractivity contribution in [2.75, 3.05) is 41.8 Å². The van der Waals surface area contributed by atoms with Crippen molar-refractivity contribution in [1.82, 2.24) is 63.8 Å². The van der Waals surface area contributed by atoms with Crippen molar-refractivity contribution < 1.29 is 71.8 Å². The third-order valence-electron chi connectivity index (χ3n) is 20.1. The molecule has 2 saturated heterocycles. The first-order valence-electron chi connectivity index (χ1n) is 35.3. The van der Waals surface area contributed by atoms with Gasteiger partial charge in [-0.25, -0.2) is 43.5 Å². The summed E-state index contributed by atoms with van der Waals surface area (Å²) in [7, 11) is -8.90. The molecule has 8 aromatic heterocycles. The third-order valence-corrected chi connectivity index (χ3v) is 22.8. The van der Waals surface area contributed by atoms with Crippen LogP contribution >= 0.6 is 11.6 Å². The maximum atomic E-state index is 13.8. The summed E-state index contributed by atoms with van der Waals surface area (Å²) in [5, 5.41) is 14.1. The number of nitrogens with one attached hydrogen (secondary N) is 4. The zero-order valence-corrected chi connectivity index (χ0v) is 62.6. The second-order valence-corrected chi connectivity index (χ2v) is 33.7. The Morgan fingerprint density at radius 3 is 1.94 bits per heavy atom. The number of alkyl halides is 6. The van der Waals surface area contributed by atoms with Crippen LogP contribution in [0.4, 0.5) is 48.6 Å². The summed E-state index contributed by atoms with van der Waals surface area (Å²) in [6, 6.07) is 28.1. The Kier molecular flexibility index (Phi) is 21.9. The number of hydrogen-bond donors (Lipinski definition) is 4. The van der Waals surface area contributed by atoms with Crippen LogP contribution in [0.3, 0.4) is 0 Å². The number of likely N-dealkylation sites (tertiary alicyclic amines) is 1. The highest BCUT2D eigenvalue weighted by Gasteiger charge is 2.63. The van der Waals surface area contributed by atoms with Gasteiger partial charge < -0.3 is 34.6 Å². The number of sulfonamides is 2. The van der Waals surface area contributed by atoms with Crippen molar-refractivity contribution in [2.45, 2.75) is 177 Å². The van der Waals surface area contributed by atoms with Crippen LogP contribution in [0.2, 0.25) is 5.15 Å². The molecule has 3 aliphatic heterocycles. The molecule has 4 N–H and O–H groups in total. The van der Waals surface area contributed by atoms with E-state index >= 15 is 0 Å². The molecule has 108 heavy (non-hydrogen) atoms. The van der Waals surface area contributed by atoms with Crippen LogP contribution in [0.5, 0.6) is 11.8 Å². The minimum Gasteiger partial charge on any atom is -0.477 e. The molecule has 26 nitrogen and oxygen atoms in total. The van der Waals surface area contributed by atoms with Gasteiger partial charge >= 0.3 is 18.4 Å². The number of ether oxygens (including phenoxy) is 3. The fraction of sp³-hybridized carbons (Fsp3) is 0.466. The van der Waals surface area contributed by atoms with E-state index in [0.717, 1.165) is 31.4 Å². The lowest BCUT2D eigenvalue weighted by molar-refractivity contribution is -0.190. The molecule has 4 atom stereocenters. The van der Waals surface area contributed by atoms with Crippen molar-refractivity contribution in [3.8, 4) is 23.4 Å². The van der Waals surface area contributed by atoms with E-state index in [9.17, 15) is 57.6 Å². The Bertz CT molecular complexity index is 4830. The second-order valence-electron chi connectivity index (χ2n) is 30.1. The minimum absolute atomic E-state index is 0.0482. The fourth-order valence-electron chi connectivity index (χ4n) is 13.9. The lowest BCUT2D eigenvalue weighted by Crippen LogP contribution is -2.45. The van der Waals surface area contributed by atoms with Gasteiger partial charge in [0.1, 0.15) is 28.2 Å². The van der Waals surface area contributed by atoms with Gasteiger partial charge in [0, 0.05) is 61.1 Å². The minimum atomic E-state index is -4.50. The molecule has 4 bridgehead atoms. The number of amides is 3. The van der Waals surface area contributed by atoms with E-state index in [0.29, 0.717) is 43.3 Å². The van der Waals surface area contributed by atoms with E-state index in [1.807, 2.05) is 74.6 Å². The van der Waals surface area contributed by atoms with Crippen molar-refractivity contribution in [3.63, 3.8) is 0 Å². The van der Waals surface area contributed by atoms with Gasteiger partial charge in [-0.2, -0.15) is 43.2 Å². The Balaban J connectivity index is 0.000000204. The maximum absolute atomic E-state index is 13.8. The van der Waals surface area contributed by atoms with Crippen LogP contribution in [0, 0.1) is 22.7 Å². The molecule has 5 aliphatic rings. The van der Waals surface area contributed by atoms with Gasteiger partial charge in [0.15, 0.2) is 21.7 Å². The number of aromatic nitrogens is 10. The summed E-state index contributed by atoms with van der Waals surface area (Å²) < 4.78 is 157. The van der Waals surface area contributed by atoms with Gasteiger partial charge in [-0.3, -0.25) is 19.6 Å². The molecular weight excluding hydrogens is 1470 g/mol. The van der Waals surface area contributed by atoms with Crippen LogP contribution in [0.1, 0.15) is 170 Å². The molecule has 13 rings (SSSR count). The van der Waals surface area contributed by atoms with Gasteiger partial charge in [-0.15, -0.1) is 10.2 Å². The molecule has 8 aromatic rings. The highest BCUT2D eigenvalue weighted by Crippen LogP contribution is 2.61. The van der Waals surface area contributed by atoms with E-state index in [-0.39, 0.29) is 132 Å². The molecule has 4 fully saturated rings. The largest absolute Gasteiger partial charge is 0.477 e. The molecular formula is C73H83ClF6N16O10S2. The van der Waals surface area contributed by atoms with Gasteiger partial charge in [-0.05, 0) is 210 Å². The molecule has 2 aliphatic carbocycles. The van der Waals surface area contributed by atoms with E-state index in [4.69, 9.17) is 30.8 Å². The summed E-state index contributed by atoms with van der Waals surface area (Å²) in [4.78, 5) is 70.5. The first kappa shape index (κ1) is 77.9. The Hall–Kier alpha value is -9.70. The zero-order valence-electron chi connectivity index (χ0n) is 60.2. The van der Waals surface area contributed by atoms with Crippen LogP contribution in [0.25, 0.3) is 11.6 Å². The predicted octanol–water partition coefficient (Wildman–Crippen LogP) is 13.7. The number of rotatable bonds is 20. The zero-order chi connectivity index (χ0) is 77.4. The third kappa shape index (κ3) is 18.2. The number of fused-ring (bicyclic) bond motifs is 6. The summed E-state index contributed by atoms with van der Waals surface area (Å²) in [6.45, 7) is 14.4. The Labute approximate surface area is 625 Å². The number of anilines is 3. The van der Waals surface area contributed by atoms with Crippen LogP contribution < -0.4 is 34.5 Å². The molecule has 2 saturated carbocycles. The number of halogens is 7. The maximum Gasteiger partial charge on any atom is 0.410 e. The van der Waals surface area contributed by atoms with Gasteiger partial charge in [-0.1, -0.05) is 35.9 Å². The summed E-state index contributed by atoms with van der Waals surface area (Å²) >= 11 is 6.32. The number of hydrogen-bond acceptors (Lipinski definition) is 21. The quantitative estimate of drug-likeness (QED) is 0.0407. The van der Waals surface area contributed by atoms with Gasteiger partial charge in [0.05, 0.1) is 58.6 Å². The van der Waals surface area contributed by atoms with Crippen LogP contribution in [-0.2, 0) is 24.8 Å². The molecule has 2 unspecified atom stereocenters. The Morgan fingerprint density at radius 2 is 1.34 bits per heavy atom. The summed E-state index contributed by atoms with van der Waals surface area (Å²) in [5.74, 6) is -0.0506. The van der Waals surface area contributed by atoms with E-state index in [2.05, 4.69) is 64.3 Å². The fourth-order valence-corrected chi connectivity index (χ4v) is 16.0. The second kappa shape index (κ2) is 30.4. The van der Waals surface area contributed by atoms with Crippen LogP contribution in [-0.4, -0.2) is 144 Å². The lowest BCUT2D eigenvalue weighted by Gasteiger charge is -2.34. The topological polar surface area (TPSA) is 315 Å². The van der Waals surface area contributed by atoms with Crippen molar-refractivity contribution in [2.24, 2.45) is 22.7 Å². The number of pyridine rings is 6. The first-order chi connectivity index (χ1) is 50.9. The normalized spacial score (nSPS) is 20.0. The van der Waals surface area contributed by atoms with Crippen molar-refractivity contribution in [1.29, 1.82) is 0 Å². The monoisotopic (exact) mass is 1560 g/mol. The molecule has 0 radical (unpaired) electrons. The van der Waals surface area contributed by atoms with E-state index in [1.165, 1.54) is 70.2 Å². The standard InChI is InChI=1S/C39H46ClF3N8O6S.C34H37F3N8O4S/c1-36(2,3)57-35(53)50-24-25(23-37(50,4)5)12-14-28(27-9-6-7-20-44-27)45-29-10-8-11-32(46-29)58(54,55)49-34(52)26-13-15-30(47-33(26)40)51-21-16-31(48-51)56-22-19-38(17-18-38)39(41,42)43;1-32(2)20-22-9-11-25(24-6-3-4-17-38-24)39-26-7-5-8-29(40-26)50(47,48)43-31(46)23-10-12-27(41-30(23)44(32)21-22)45-18-13-28(42-45)49-19-16-33(14-15-33)34(35,36)37/h6-11,13,15-16,20-21,25,28H,12,14,17-19,22-24H2,1-5H3,(H,45,46)(H,49,52);3-8,10,12-13,17-18,22,25H,9,11,14-16,19-21H2,1-2H3,(H,39,40)(H,43,46)/t25-,28?;22-,25?/m00/s1. The average molecular weight is 1560 g/mol. The summed E-state index contributed by atoms with van der Waals surface area (Å²) in [5.41, 5.74) is -3.55. The van der Waals surface area contributed by atoms with E-state index in [1.54, 1.807) is 47.8 Å². The van der Waals surface area contributed by atoms with Crippen LogP contribution in [0.15, 0.2) is 144 Å². The van der Waals surface area contributed by atoms with Gasteiger partial charge in [0.25, 0.3) is 31.9 Å². The molecule has 576 valence electrons. The molecule has 11 heterocycles. The summed E-state index contributed by atoms with van der Waals surface area (Å²) in [6.07, 6.45) is 1.85. The molecule has 3 amide bonds. The number of carbonyl (C=O) groups is 3. The van der Waals surface area contributed by atoms with Gasteiger partial charge in [0.2, 0.25) is 11.8 Å². The average Bonchev–Trinajstić information content (AvgIpc) is 1.58. The highest BCUT2D eigenvalue weighted by atomic mass is 35.5. The SMILES string of the molecule is CC(C)(C)OC(=O)N1C[C@@H](CCC(Nc2cccc(S(=O)(=O)NC(=O)c3ccc(-n4ccc(OCCC5(C(F)(F)F)CC5)n4)nc3Cl)n2)c2ccccn2)CC1(C)C.CC1(C)C[C@@H]2CCC(c3ccccn3)Nc3cccc(n3)S(=O)(=O)NC(=O)c3ccc(-n4ccc(OCCC5(C(F)(F)F)CC5)n4)nc3N1C2. The van der Waals surface area contributed by atoms with Crippen molar-refractivity contribution >= 4 is 67.0 Å². The lowest BCUT2D eigenvalue weighted by atomic mass is 9.91. The highest BCUT2D eigenvalue weighted by molar-refractivity contribution is 7.90. The predicted molar refractivity (Wildman–Crippen MR) is 386 cm³/mol. The Morgan fingerprint density at radius 1 is 0.713 bits per heavy atom. The van der Waals surface area contributed by atoms with E-state index < -0.39 is 76.7 Å². The molecule has 0 spiro atoms. The molecule has 0 aromatic carbocycles. The first-order valence-corrected chi connectivity index (χ1v) is 38.6. The number of carbonyl (C=O) groups excluding carboxylic acids is 3.